The minimum absolute atomic E-state index is 0.106. The van der Waals surface area contributed by atoms with Gasteiger partial charge in [0.2, 0.25) is 0 Å². The standard InChI is InChI=1S/C24H30F6N6O2/c1-15(32-19-12-31-33-21(37)20(19)24(28,29)30)13-34-7-6-16(14-34)22(38)36-10-8-35(9-11-36)18-4-2-17(3-5-18)23(25,26)27/h6-7,12,14-15,17-18H,2-5,8-11,13H2,1H3,(H2,32,33,37)/t15-,17?,18?/m0/s1. The summed E-state index contributed by atoms with van der Waals surface area (Å²) in [5.41, 5.74) is -2.68. The van der Waals surface area contributed by atoms with Crippen molar-refractivity contribution in [2.75, 3.05) is 31.5 Å². The SMILES string of the molecule is C[C@@H](Cn1ccc(C(=O)N2CCN(C3CCC(C(F)(F)F)CC3)CC2)c1)Nc1cn[nH]c(=O)c1C(F)(F)F. The summed E-state index contributed by atoms with van der Waals surface area (Å²) < 4.78 is 80.3. The molecule has 0 bridgehead atoms. The highest BCUT2D eigenvalue weighted by molar-refractivity contribution is 5.94. The number of amides is 1. The molecule has 2 N–H and O–H groups in total. The zero-order chi connectivity index (χ0) is 27.7. The molecule has 210 valence electrons. The number of nitrogens with zero attached hydrogens (tertiary/aromatic N) is 4. The van der Waals surface area contributed by atoms with E-state index in [0.29, 0.717) is 44.6 Å². The van der Waals surface area contributed by atoms with Gasteiger partial charge in [-0.1, -0.05) is 0 Å². The van der Waals surface area contributed by atoms with Gasteiger partial charge in [0.1, 0.15) is 5.56 Å². The Morgan fingerprint density at radius 3 is 2.37 bits per heavy atom. The van der Waals surface area contributed by atoms with Crippen molar-refractivity contribution >= 4 is 11.6 Å². The quantitative estimate of drug-likeness (QED) is 0.534. The van der Waals surface area contributed by atoms with E-state index < -0.39 is 41.1 Å². The number of halogens is 6. The van der Waals surface area contributed by atoms with Gasteiger partial charge in [-0.25, -0.2) is 5.10 Å². The Morgan fingerprint density at radius 1 is 1.11 bits per heavy atom. The monoisotopic (exact) mass is 548 g/mol. The van der Waals surface area contributed by atoms with Crippen LogP contribution in [0.5, 0.6) is 0 Å². The zero-order valence-electron chi connectivity index (χ0n) is 20.8. The molecule has 1 saturated heterocycles. The largest absolute Gasteiger partial charge is 0.423 e. The Labute approximate surface area is 215 Å². The molecule has 4 rings (SSSR count). The molecule has 1 aliphatic heterocycles. The number of hydrogen-bond donors (Lipinski definition) is 2. The molecule has 0 unspecified atom stereocenters. The van der Waals surface area contributed by atoms with Crippen LogP contribution < -0.4 is 10.9 Å². The van der Waals surface area contributed by atoms with Crippen LogP contribution in [0.2, 0.25) is 0 Å². The van der Waals surface area contributed by atoms with Crippen LogP contribution >= 0.6 is 0 Å². The van der Waals surface area contributed by atoms with Gasteiger partial charge < -0.3 is 14.8 Å². The third-order valence-electron chi connectivity index (χ3n) is 7.30. The van der Waals surface area contributed by atoms with Gasteiger partial charge in [-0.3, -0.25) is 14.5 Å². The van der Waals surface area contributed by atoms with Crippen LogP contribution in [0.3, 0.4) is 0 Å². The molecule has 0 aromatic carbocycles. The average molecular weight is 549 g/mol. The maximum absolute atomic E-state index is 13.3. The number of anilines is 1. The number of carbonyl (C=O) groups excluding carboxylic acids is 1. The van der Waals surface area contributed by atoms with Crippen molar-refractivity contribution < 1.29 is 31.1 Å². The molecule has 0 spiro atoms. The molecule has 2 aromatic rings. The minimum atomic E-state index is -4.85. The van der Waals surface area contributed by atoms with Crippen LogP contribution in [0.1, 0.15) is 48.5 Å². The number of piperazine rings is 1. The van der Waals surface area contributed by atoms with Crippen molar-refractivity contribution in [2.24, 2.45) is 5.92 Å². The first-order valence-electron chi connectivity index (χ1n) is 12.5. The number of alkyl halides is 6. The van der Waals surface area contributed by atoms with E-state index in [1.165, 1.54) is 0 Å². The minimum Gasteiger partial charge on any atom is -0.379 e. The number of rotatable bonds is 6. The lowest BCUT2D eigenvalue weighted by Gasteiger charge is -2.42. The molecule has 3 heterocycles. The Bertz CT molecular complexity index is 1160. The van der Waals surface area contributed by atoms with Gasteiger partial charge in [-0.2, -0.15) is 31.4 Å². The lowest BCUT2D eigenvalue weighted by Crippen LogP contribution is -2.52. The van der Waals surface area contributed by atoms with Gasteiger partial charge in [-0.15, -0.1) is 0 Å². The van der Waals surface area contributed by atoms with E-state index in [2.05, 4.69) is 15.3 Å². The Balaban J connectivity index is 1.28. The molecule has 1 saturated carbocycles. The second-order valence-corrected chi connectivity index (χ2v) is 10.0. The van der Waals surface area contributed by atoms with E-state index in [1.807, 2.05) is 0 Å². The van der Waals surface area contributed by atoms with Gasteiger partial charge in [-0.05, 0) is 38.7 Å². The molecule has 2 aromatic heterocycles. The van der Waals surface area contributed by atoms with Crippen LogP contribution in [0, 0.1) is 5.92 Å². The Morgan fingerprint density at radius 2 is 1.76 bits per heavy atom. The first-order chi connectivity index (χ1) is 17.8. The van der Waals surface area contributed by atoms with Crippen molar-refractivity contribution in [1.82, 2.24) is 24.6 Å². The molecule has 14 heteroatoms. The lowest BCUT2D eigenvalue weighted by atomic mass is 9.84. The molecule has 0 radical (unpaired) electrons. The first-order valence-corrected chi connectivity index (χ1v) is 12.5. The summed E-state index contributed by atoms with van der Waals surface area (Å²) in [6.45, 7) is 4.00. The summed E-state index contributed by atoms with van der Waals surface area (Å²) in [4.78, 5) is 28.5. The van der Waals surface area contributed by atoms with Gasteiger partial charge in [0.05, 0.1) is 23.4 Å². The molecule has 2 aliphatic rings. The summed E-state index contributed by atoms with van der Waals surface area (Å²) in [6.07, 6.45) is -3.51. The van der Waals surface area contributed by atoms with E-state index in [9.17, 15) is 35.9 Å². The number of carbonyl (C=O) groups is 1. The van der Waals surface area contributed by atoms with Crippen molar-refractivity contribution in [3.63, 3.8) is 0 Å². The van der Waals surface area contributed by atoms with Gasteiger partial charge in [0.25, 0.3) is 11.5 Å². The van der Waals surface area contributed by atoms with Crippen molar-refractivity contribution in [3.8, 4) is 0 Å². The summed E-state index contributed by atoms with van der Waals surface area (Å²) in [7, 11) is 0. The molecule has 38 heavy (non-hydrogen) atoms. The fourth-order valence-corrected chi connectivity index (χ4v) is 5.34. The number of aromatic nitrogens is 3. The summed E-state index contributed by atoms with van der Waals surface area (Å²) >= 11 is 0. The predicted octanol–water partition coefficient (Wildman–Crippen LogP) is 3.97. The van der Waals surface area contributed by atoms with E-state index in [-0.39, 0.29) is 31.3 Å². The number of hydrogen-bond acceptors (Lipinski definition) is 5. The van der Waals surface area contributed by atoms with Crippen molar-refractivity contribution in [2.45, 2.75) is 63.6 Å². The number of nitrogens with one attached hydrogen (secondary N) is 2. The molecular formula is C24H30F6N6O2. The summed E-state index contributed by atoms with van der Waals surface area (Å²) in [5, 5.41) is 7.90. The normalized spacial score (nSPS) is 22.3. The predicted molar refractivity (Wildman–Crippen MR) is 127 cm³/mol. The second kappa shape index (κ2) is 11.0. The van der Waals surface area contributed by atoms with Crippen molar-refractivity contribution in [1.29, 1.82) is 0 Å². The molecule has 1 aliphatic carbocycles. The van der Waals surface area contributed by atoms with E-state index in [0.717, 1.165) is 6.20 Å². The molecular weight excluding hydrogens is 518 g/mol. The molecule has 1 amide bonds. The van der Waals surface area contributed by atoms with E-state index >= 15 is 0 Å². The van der Waals surface area contributed by atoms with Gasteiger partial charge >= 0.3 is 12.4 Å². The Kier molecular flexibility index (Phi) is 8.09. The van der Waals surface area contributed by atoms with Crippen LogP contribution in [0.15, 0.2) is 29.5 Å². The number of H-pyrrole nitrogens is 1. The number of aromatic amines is 1. The van der Waals surface area contributed by atoms with Gasteiger partial charge in [0, 0.05) is 57.2 Å². The molecule has 1 atom stereocenters. The summed E-state index contributed by atoms with van der Waals surface area (Å²) in [6, 6.07) is 1.22. The first kappa shape index (κ1) is 28.0. The van der Waals surface area contributed by atoms with E-state index in [1.54, 1.807) is 39.9 Å². The van der Waals surface area contributed by atoms with Crippen LogP contribution in [0.4, 0.5) is 32.0 Å². The maximum Gasteiger partial charge on any atom is 0.423 e. The molecule has 2 fully saturated rings. The van der Waals surface area contributed by atoms with Gasteiger partial charge in [0.15, 0.2) is 0 Å². The maximum atomic E-state index is 13.3. The van der Waals surface area contributed by atoms with E-state index in [4.69, 9.17) is 0 Å². The van der Waals surface area contributed by atoms with Crippen molar-refractivity contribution in [3.05, 3.63) is 46.1 Å². The fraction of sp³-hybridized carbons (Fsp3) is 0.625. The third-order valence-corrected chi connectivity index (χ3v) is 7.30. The average Bonchev–Trinajstić information content (AvgIpc) is 3.30. The fourth-order valence-electron chi connectivity index (χ4n) is 5.34. The highest BCUT2D eigenvalue weighted by Crippen LogP contribution is 2.39. The van der Waals surface area contributed by atoms with Crippen LogP contribution in [0.25, 0.3) is 0 Å². The highest BCUT2D eigenvalue weighted by atomic mass is 19.4. The molecule has 8 nitrogen and oxygen atoms in total. The zero-order valence-corrected chi connectivity index (χ0v) is 20.8. The summed E-state index contributed by atoms with van der Waals surface area (Å²) in [5.74, 6) is -1.40. The topological polar surface area (TPSA) is 86.3 Å². The van der Waals surface area contributed by atoms with Crippen LogP contribution in [-0.4, -0.2) is 74.9 Å². The smallest absolute Gasteiger partial charge is 0.379 e. The Hall–Kier alpha value is -3.03. The third kappa shape index (κ3) is 6.51. The highest BCUT2D eigenvalue weighted by Gasteiger charge is 2.42. The van der Waals surface area contributed by atoms with Crippen LogP contribution in [-0.2, 0) is 12.7 Å². The second-order valence-electron chi connectivity index (χ2n) is 10.0. The lowest BCUT2D eigenvalue weighted by molar-refractivity contribution is -0.184.